The summed E-state index contributed by atoms with van der Waals surface area (Å²) in [7, 11) is 0. The zero-order valence-electron chi connectivity index (χ0n) is 11.7. The van der Waals surface area contributed by atoms with Crippen LogP contribution in [0.2, 0.25) is 0 Å². The van der Waals surface area contributed by atoms with Crippen LogP contribution in [-0.2, 0) is 56.5 Å². The Morgan fingerprint density at radius 2 is 0.818 bits per heavy atom. The van der Waals surface area contributed by atoms with Gasteiger partial charge in [0.1, 0.15) is 0 Å². The molecule has 0 aromatic carbocycles. The molecule has 0 N–H and O–H groups in total. The maximum Gasteiger partial charge on any atom is 0.182 e. The summed E-state index contributed by atoms with van der Waals surface area (Å²) in [5, 5.41) is 0. The van der Waals surface area contributed by atoms with Crippen LogP contribution < -0.4 is 0 Å². The summed E-state index contributed by atoms with van der Waals surface area (Å²) >= 11 is 4.66. The van der Waals surface area contributed by atoms with Crippen LogP contribution in [0.1, 0.15) is 32.1 Å². The minimum atomic E-state index is 0. The van der Waals surface area contributed by atoms with E-state index in [0.717, 1.165) is 23.7 Å². The molecule has 4 fully saturated rings. The van der Waals surface area contributed by atoms with Gasteiger partial charge in [0.15, 0.2) is 17.1 Å². The second kappa shape index (κ2) is 20.5. The van der Waals surface area contributed by atoms with Crippen LogP contribution in [0.15, 0.2) is 0 Å². The molecule has 4 aliphatic rings. The summed E-state index contributed by atoms with van der Waals surface area (Å²) in [6, 6.07) is 0. The first-order valence-corrected chi connectivity index (χ1v) is 6.35. The van der Waals surface area contributed by atoms with Crippen LogP contribution in [0.3, 0.4) is 0 Å². The summed E-state index contributed by atoms with van der Waals surface area (Å²) in [6.07, 6.45) is 7.46. The SMILES string of the molecule is [C-]#[O+].[C-]#[O+].[C-]#[O+].[C-]#[O+].[C-]#[O+].[SH+]=C1C2CC3CC(C2)CC1C3.[W]. The predicted octanol–water partition coefficient (Wildman–Crippen LogP) is 1.70. The fourth-order valence-electron chi connectivity index (χ4n) is 3.67. The van der Waals surface area contributed by atoms with Gasteiger partial charge in [0.2, 0.25) is 0 Å². The quantitative estimate of drug-likeness (QED) is 0.213. The van der Waals surface area contributed by atoms with Crippen molar-refractivity contribution in [2.45, 2.75) is 32.1 Å². The molecule has 4 aliphatic carbocycles. The average Bonchev–Trinajstić information content (AvgIpc) is 2.61. The summed E-state index contributed by atoms with van der Waals surface area (Å²) in [6.45, 7) is 22.5. The Balaban J connectivity index is -0.000000129. The zero-order chi connectivity index (χ0) is 17.4. The standard InChI is InChI=1S/C10H14S.5CO.W/c11-10-8-2-6-1-7(4-8)5-9(10)3-6;5*1-2;/h6-9H,1-5H2;;;;;;/p+1. The smallest absolute Gasteiger partial charge is 0.0475 e. The van der Waals surface area contributed by atoms with E-state index in [0.29, 0.717) is 0 Å². The molecule has 0 spiro atoms. The molecule has 0 aromatic heterocycles. The molecule has 0 heterocycles. The van der Waals surface area contributed by atoms with Gasteiger partial charge in [-0.05, 0) is 43.9 Å². The second-order valence-electron chi connectivity index (χ2n) is 4.73. The fourth-order valence-corrected chi connectivity index (χ4v) is 4.09. The molecule has 0 aromatic rings. The molecule has 0 saturated heterocycles. The first-order chi connectivity index (χ1) is 10.3. The normalized spacial score (nSPS) is 27.3. The van der Waals surface area contributed by atoms with Crippen LogP contribution in [0.5, 0.6) is 0 Å². The Morgan fingerprint density at radius 1 is 0.591 bits per heavy atom. The van der Waals surface area contributed by atoms with Gasteiger partial charge in [-0.2, -0.15) is 0 Å². The summed E-state index contributed by atoms with van der Waals surface area (Å²) in [5.41, 5.74) is 0. The molecule has 0 aliphatic heterocycles. The third-order valence-electron chi connectivity index (χ3n) is 3.97. The molecule has 0 unspecified atom stereocenters. The molecule has 4 rings (SSSR count). The fraction of sp³-hybridized carbons (Fsp3) is 0.600. The average molecular weight is 491 g/mol. The van der Waals surface area contributed by atoms with Crippen LogP contribution in [0.4, 0.5) is 0 Å². The summed E-state index contributed by atoms with van der Waals surface area (Å²) < 4.78 is 37.5. The van der Waals surface area contributed by atoms with Crippen molar-refractivity contribution in [1.82, 2.24) is 0 Å². The van der Waals surface area contributed by atoms with Crippen molar-refractivity contribution in [2.24, 2.45) is 23.7 Å². The Labute approximate surface area is 150 Å². The molecule has 5 nitrogen and oxygen atoms in total. The molecule has 116 valence electrons. The van der Waals surface area contributed by atoms with Crippen molar-refractivity contribution < 1.29 is 44.3 Å². The third-order valence-corrected chi connectivity index (χ3v) is 4.70. The number of hydrogen-bond donors (Lipinski definition) is 0. The van der Waals surface area contributed by atoms with Gasteiger partial charge in [0, 0.05) is 32.9 Å². The second-order valence-corrected chi connectivity index (χ2v) is 5.25. The van der Waals surface area contributed by atoms with Crippen molar-refractivity contribution in [2.75, 3.05) is 0 Å². The van der Waals surface area contributed by atoms with E-state index in [1.807, 2.05) is 0 Å². The maximum atomic E-state index is 7.50. The summed E-state index contributed by atoms with van der Waals surface area (Å²) in [5.74, 6) is 4.03. The molecule has 0 amide bonds. The molecule has 22 heavy (non-hydrogen) atoms. The topological polar surface area (TPSA) is 99.5 Å². The molecule has 0 atom stereocenters. The van der Waals surface area contributed by atoms with Gasteiger partial charge < -0.3 is 0 Å². The van der Waals surface area contributed by atoms with E-state index < -0.39 is 0 Å². The van der Waals surface area contributed by atoms with Gasteiger partial charge in [0.05, 0.1) is 0 Å². The molecule has 4 saturated carbocycles. The van der Waals surface area contributed by atoms with Crippen molar-refractivity contribution in [3.05, 3.63) is 33.3 Å². The maximum absolute atomic E-state index is 7.50. The molecule has 0 radical (unpaired) electrons. The van der Waals surface area contributed by atoms with Crippen molar-refractivity contribution in [3.8, 4) is 0 Å². The Bertz CT molecular complexity index is 332. The van der Waals surface area contributed by atoms with E-state index in [2.05, 4.69) is 45.5 Å². The minimum absolute atomic E-state index is 0. The first-order valence-electron chi connectivity index (χ1n) is 5.90. The summed E-state index contributed by atoms with van der Waals surface area (Å²) in [4.78, 5) is 1.57. The Morgan fingerprint density at radius 3 is 1.05 bits per heavy atom. The van der Waals surface area contributed by atoms with Crippen molar-refractivity contribution in [3.63, 3.8) is 0 Å². The Kier molecular flexibility index (Phi) is 27.4. The first kappa shape index (κ1) is 29.5. The van der Waals surface area contributed by atoms with E-state index >= 15 is 0 Å². The molecular weight excluding hydrogens is 476 g/mol. The third kappa shape index (κ3) is 8.81. The molecule has 7 heteroatoms. The van der Waals surface area contributed by atoms with Crippen molar-refractivity contribution in [1.29, 1.82) is 0 Å². The number of rotatable bonds is 0. The largest absolute Gasteiger partial charge is 0.182 e. The predicted molar refractivity (Wildman–Crippen MR) is 70.5 cm³/mol. The van der Waals surface area contributed by atoms with Gasteiger partial charge in [-0.1, -0.05) is 0 Å². The van der Waals surface area contributed by atoms with Crippen molar-refractivity contribution >= 4 is 17.1 Å². The van der Waals surface area contributed by atoms with E-state index in [9.17, 15) is 0 Å². The van der Waals surface area contributed by atoms with Crippen LogP contribution in [0, 0.1) is 56.9 Å². The number of hydrogen-bond acceptors (Lipinski definition) is 0. The van der Waals surface area contributed by atoms with Crippen LogP contribution >= 0.6 is 0 Å². The Hall–Kier alpha value is -0.522. The van der Waals surface area contributed by atoms with E-state index in [1.165, 1.54) is 25.7 Å². The zero-order valence-corrected chi connectivity index (χ0v) is 15.6. The molecule has 4 bridgehead atoms. The van der Waals surface area contributed by atoms with Gasteiger partial charge in [0.25, 0.3) is 0 Å². The monoisotopic (exact) mass is 491 g/mol. The number of thiol groups is 1. The van der Waals surface area contributed by atoms with Crippen LogP contribution in [0.25, 0.3) is 0 Å². The van der Waals surface area contributed by atoms with E-state index in [-0.39, 0.29) is 21.1 Å². The van der Waals surface area contributed by atoms with Gasteiger partial charge in [-0.15, -0.1) is 0 Å². The van der Waals surface area contributed by atoms with Crippen LogP contribution in [-0.4, -0.2) is 4.86 Å². The van der Waals surface area contributed by atoms with E-state index in [4.69, 9.17) is 23.3 Å². The van der Waals surface area contributed by atoms with Gasteiger partial charge in [-0.3, -0.25) is 0 Å². The van der Waals surface area contributed by atoms with Gasteiger partial charge >= 0.3 is 56.5 Å². The van der Waals surface area contributed by atoms with Gasteiger partial charge in [-0.25, -0.2) is 0 Å². The minimum Gasteiger partial charge on any atom is -0.0475 e. The van der Waals surface area contributed by atoms with E-state index in [1.54, 1.807) is 11.3 Å². The molecular formula is C15H15O5SW+.